The fourth-order valence-corrected chi connectivity index (χ4v) is 6.00. The molecule has 0 aliphatic carbocycles. The number of methoxy groups -OCH3 is 3. The summed E-state index contributed by atoms with van der Waals surface area (Å²) in [6, 6.07) is 6.18. The van der Waals surface area contributed by atoms with E-state index in [4.69, 9.17) is 14.2 Å². The van der Waals surface area contributed by atoms with Gasteiger partial charge in [-0.15, -0.1) is 11.3 Å². The molecule has 0 fully saturated rings. The molecular formula is C18H21NO6S2. The van der Waals surface area contributed by atoms with Crippen LogP contribution in [0, 0.1) is 0 Å². The summed E-state index contributed by atoms with van der Waals surface area (Å²) >= 11 is 1.15. The van der Waals surface area contributed by atoms with Crippen molar-refractivity contribution < 1.29 is 27.4 Å². The standard InChI is InChI=1S/C18H21NO6S2/c1-23-15-9-12-6-7-19(27(21,22)18-5-4-8-26-18)14(11-17(20)25-3)13(12)10-16(15)24-2/h4-5,8-10,14H,6-7,11H2,1-3H3/t14-/m0/s1. The number of benzene rings is 1. The third-order valence-corrected chi connectivity index (χ3v) is 7.88. The minimum absolute atomic E-state index is 0.0798. The highest BCUT2D eigenvalue weighted by molar-refractivity contribution is 7.91. The first-order valence-electron chi connectivity index (χ1n) is 8.29. The molecule has 1 aromatic heterocycles. The van der Waals surface area contributed by atoms with Gasteiger partial charge >= 0.3 is 5.97 Å². The lowest BCUT2D eigenvalue weighted by atomic mass is 9.91. The Morgan fingerprint density at radius 3 is 2.52 bits per heavy atom. The molecular weight excluding hydrogens is 390 g/mol. The molecule has 1 atom stereocenters. The summed E-state index contributed by atoms with van der Waals surface area (Å²) in [6.45, 7) is 0.268. The Hall–Kier alpha value is -2.10. The van der Waals surface area contributed by atoms with Crippen LogP contribution in [0.25, 0.3) is 0 Å². The van der Waals surface area contributed by atoms with Crippen molar-refractivity contribution >= 4 is 27.3 Å². The van der Waals surface area contributed by atoms with E-state index in [0.717, 1.165) is 22.5 Å². The molecule has 0 unspecified atom stereocenters. The number of nitrogens with zero attached hydrogens (tertiary/aromatic N) is 1. The van der Waals surface area contributed by atoms with Crippen molar-refractivity contribution in [2.75, 3.05) is 27.9 Å². The van der Waals surface area contributed by atoms with E-state index >= 15 is 0 Å². The molecule has 0 N–H and O–H groups in total. The van der Waals surface area contributed by atoms with E-state index in [-0.39, 0.29) is 17.2 Å². The van der Waals surface area contributed by atoms with Gasteiger partial charge in [-0.25, -0.2) is 8.42 Å². The van der Waals surface area contributed by atoms with Gasteiger partial charge in [-0.1, -0.05) is 6.07 Å². The summed E-state index contributed by atoms with van der Waals surface area (Å²) in [6.07, 6.45) is 0.432. The van der Waals surface area contributed by atoms with Gasteiger partial charge in [0.15, 0.2) is 11.5 Å². The maximum absolute atomic E-state index is 13.1. The van der Waals surface area contributed by atoms with E-state index in [1.807, 2.05) is 6.07 Å². The maximum Gasteiger partial charge on any atom is 0.307 e. The molecule has 0 radical (unpaired) electrons. The predicted molar refractivity (Wildman–Crippen MR) is 101 cm³/mol. The second-order valence-electron chi connectivity index (χ2n) is 6.00. The number of hydrogen-bond donors (Lipinski definition) is 0. The molecule has 2 aromatic rings. The SMILES string of the molecule is COC(=O)C[C@H]1c2cc(OC)c(OC)cc2CCN1S(=O)(=O)c1cccs1. The Morgan fingerprint density at radius 1 is 1.22 bits per heavy atom. The molecule has 1 aliphatic heterocycles. The van der Waals surface area contributed by atoms with Gasteiger partial charge in [0.25, 0.3) is 10.0 Å². The highest BCUT2D eigenvalue weighted by Gasteiger charge is 2.39. The maximum atomic E-state index is 13.1. The van der Waals surface area contributed by atoms with E-state index in [1.165, 1.54) is 18.5 Å². The van der Waals surface area contributed by atoms with Gasteiger partial charge in [0, 0.05) is 6.54 Å². The van der Waals surface area contributed by atoms with Crippen molar-refractivity contribution in [3.05, 3.63) is 40.8 Å². The van der Waals surface area contributed by atoms with Crippen LogP contribution in [0.4, 0.5) is 0 Å². The molecule has 1 aromatic carbocycles. The largest absolute Gasteiger partial charge is 0.493 e. The number of esters is 1. The van der Waals surface area contributed by atoms with Crippen molar-refractivity contribution in [1.29, 1.82) is 0 Å². The van der Waals surface area contributed by atoms with E-state index < -0.39 is 22.0 Å². The van der Waals surface area contributed by atoms with Gasteiger partial charge in [-0.2, -0.15) is 4.31 Å². The highest BCUT2D eigenvalue weighted by Crippen LogP contribution is 2.42. The predicted octanol–water partition coefficient (Wildman–Crippen LogP) is 2.62. The van der Waals surface area contributed by atoms with E-state index in [2.05, 4.69) is 0 Å². The molecule has 0 spiro atoms. The molecule has 3 rings (SSSR count). The highest BCUT2D eigenvalue weighted by atomic mass is 32.2. The zero-order valence-electron chi connectivity index (χ0n) is 15.3. The zero-order chi connectivity index (χ0) is 19.6. The first-order valence-corrected chi connectivity index (χ1v) is 10.6. The summed E-state index contributed by atoms with van der Waals surface area (Å²) in [7, 11) is 0.627. The molecule has 2 heterocycles. The Bertz CT molecular complexity index is 924. The lowest BCUT2D eigenvalue weighted by Gasteiger charge is -2.36. The van der Waals surface area contributed by atoms with Crippen LogP contribution in [0.15, 0.2) is 33.9 Å². The number of sulfonamides is 1. The van der Waals surface area contributed by atoms with Crippen molar-refractivity contribution in [3.8, 4) is 11.5 Å². The van der Waals surface area contributed by atoms with Gasteiger partial charge < -0.3 is 14.2 Å². The third-order valence-electron chi connectivity index (χ3n) is 4.60. The molecule has 1 aliphatic rings. The van der Waals surface area contributed by atoms with E-state index in [0.29, 0.717) is 17.9 Å². The smallest absolute Gasteiger partial charge is 0.307 e. The van der Waals surface area contributed by atoms with Crippen LogP contribution in [0.1, 0.15) is 23.6 Å². The molecule has 146 valence electrons. The average Bonchev–Trinajstić information content (AvgIpc) is 3.22. The van der Waals surface area contributed by atoms with Crippen LogP contribution >= 0.6 is 11.3 Å². The van der Waals surface area contributed by atoms with Gasteiger partial charge in [0.2, 0.25) is 0 Å². The minimum Gasteiger partial charge on any atom is -0.493 e. The van der Waals surface area contributed by atoms with Gasteiger partial charge in [-0.3, -0.25) is 4.79 Å². The zero-order valence-corrected chi connectivity index (χ0v) is 16.9. The van der Waals surface area contributed by atoms with Crippen molar-refractivity contribution in [2.24, 2.45) is 0 Å². The van der Waals surface area contributed by atoms with Crippen LogP contribution in [-0.2, 0) is 26.0 Å². The second kappa shape index (κ2) is 7.87. The first kappa shape index (κ1) is 19.7. The first-order chi connectivity index (χ1) is 12.9. The summed E-state index contributed by atoms with van der Waals surface area (Å²) in [5.41, 5.74) is 1.66. The lowest BCUT2D eigenvalue weighted by Crippen LogP contribution is -2.40. The third kappa shape index (κ3) is 3.67. The molecule has 7 nitrogen and oxygen atoms in total. The van der Waals surface area contributed by atoms with E-state index in [1.54, 1.807) is 30.7 Å². The number of fused-ring (bicyclic) bond motifs is 1. The van der Waals surface area contributed by atoms with Gasteiger partial charge in [-0.05, 0) is 41.1 Å². The van der Waals surface area contributed by atoms with Crippen molar-refractivity contribution in [2.45, 2.75) is 23.1 Å². The fraction of sp³-hybridized carbons (Fsp3) is 0.389. The molecule has 0 saturated carbocycles. The van der Waals surface area contributed by atoms with Crippen LogP contribution in [0.2, 0.25) is 0 Å². The number of carbonyl (C=O) groups excluding carboxylic acids is 1. The quantitative estimate of drug-likeness (QED) is 0.680. The van der Waals surface area contributed by atoms with E-state index in [9.17, 15) is 13.2 Å². The van der Waals surface area contributed by atoms with Crippen LogP contribution in [0.3, 0.4) is 0 Å². The minimum atomic E-state index is -3.73. The fourth-order valence-electron chi connectivity index (χ4n) is 3.27. The van der Waals surface area contributed by atoms with Crippen LogP contribution in [0.5, 0.6) is 11.5 Å². The molecule has 0 bridgehead atoms. The second-order valence-corrected chi connectivity index (χ2v) is 9.06. The molecule has 9 heteroatoms. The summed E-state index contributed by atoms with van der Waals surface area (Å²) in [5.74, 6) is 0.582. The summed E-state index contributed by atoms with van der Waals surface area (Å²) in [4.78, 5) is 12.0. The molecule has 0 amide bonds. The number of ether oxygens (including phenoxy) is 3. The van der Waals surface area contributed by atoms with Crippen LogP contribution in [-0.4, -0.2) is 46.6 Å². The summed E-state index contributed by atoms with van der Waals surface area (Å²) < 4.78 is 43.4. The van der Waals surface area contributed by atoms with Crippen molar-refractivity contribution in [3.63, 3.8) is 0 Å². The topological polar surface area (TPSA) is 82.1 Å². The number of thiophene rings is 1. The summed E-state index contributed by atoms with van der Waals surface area (Å²) in [5, 5.41) is 1.72. The Balaban J connectivity index is 2.11. The Morgan fingerprint density at radius 2 is 1.93 bits per heavy atom. The number of rotatable bonds is 6. The Labute approximate surface area is 162 Å². The van der Waals surface area contributed by atoms with Crippen LogP contribution < -0.4 is 9.47 Å². The Kier molecular flexibility index (Phi) is 5.73. The van der Waals surface area contributed by atoms with Gasteiger partial charge in [0.05, 0.1) is 33.8 Å². The lowest BCUT2D eigenvalue weighted by molar-refractivity contribution is -0.141. The average molecular weight is 412 g/mol. The van der Waals surface area contributed by atoms with Gasteiger partial charge in [0.1, 0.15) is 4.21 Å². The number of hydrogen-bond acceptors (Lipinski definition) is 7. The molecule has 0 saturated heterocycles. The normalized spacial score (nSPS) is 17.2. The number of carbonyl (C=O) groups is 1. The van der Waals surface area contributed by atoms with Crippen molar-refractivity contribution in [1.82, 2.24) is 4.31 Å². The molecule has 27 heavy (non-hydrogen) atoms. The monoisotopic (exact) mass is 411 g/mol.